The molecule has 0 spiro atoms. The monoisotopic (exact) mass is 391 g/mol. The van der Waals surface area contributed by atoms with Crippen LogP contribution in [0.4, 0.5) is 0 Å². The van der Waals surface area contributed by atoms with Crippen LogP contribution in [0.15, 0.2) is 41.6 Å². The molecule has 1 aromatic carbocycles. The van der Waals surface area contributed by atoms with Crippen molar-refractivity contribution in [2.75, 3.05) is 39.3 Å². The smallest absolute Gasteiger partial charge is 0.243 e. The van der Waals surface area contributed by atoms with E-state index in [-0.39, 0.29) is 6.10 Å². The summed E-state index contributed by atoms with van der Waals surface area (Å²) in [6.07, 6.45) is 5.42. The Bertz CT molecular complexity index is 849. The zero-order chi connectivity index (χ0) is 19.3. The van der Waals surface area contributed by atoms with Gasteiger partial charge in [-0.3, -0.25) is 4.98 Å². The van der Waals surface area contributed by atoms with Crippen LogP contribution in [0.5, 0.6) is 0 Å². The van der Waals surface area contributed by atoms with Crippen LogP contribution >= 0.6 is 0 Å². The van der Waals surface area contributed by atoms with E-state index in [1.807, 2.05) is 19.9 Å². The maximum Gasteiger partial charge on any atom is 0.243 e. The van der Waals surface area contributed by atoms with Gasteiger partial charge in [-0.2, -0.15) is 4.31 Å². The molecule has 1 fully saturated rings. The molecule has 0 N–H and O–H groups in total. The molecule has 148 valence electrons. The van der Waals surface area contributed by atoms with Gasteiger partial charge in [0.1, 0.15) is 0 Å². The largest absolute Gasteiger partial charge is 0.379 e. The summed E-state index contributed by atoms with van der Waals surface area (Å²) in [5.41, 5.74) is 0. The predicted molar refractivity (Wildman–Crippen MR) is 107 cm³/mol. The highest BCUT2D eigenvalue weighted by Gasteiger charge is 2.28. The summed E-state index contributed by atoms with van der Waals surface area (Å²) < 4.78 is 33.8. The van der Waals surface area contributed by atoms with Gasteiger partial charge in [-0.1, -0.05) is 12.1 Å². The molecule has 0 atom stereocenters. The van der Waals surface area contributed by atoms with Crippen LogP contribution in [0.1, 0.15) is 26.7 Å². The van der Waals surface area contributed by atoms with Crippen molar-refractivity contribution in [2.24, 2.45) is 0 Å². The average Bonchev–Trinajstić information content (AvgIpc) is 2.91. The lowest BCUT2D eigenvalue weighted by Gasteiger charge is -2.22. The molecule has 0 aliphatic carbocycles. The molecular formula is C20H29N3O3S. The fourth-order valence-electron chi connectivity index (χ4n) is 3.48. The molecule has 1 aromatic heterocycles. The third-order valence-electron chi connectivity index (χ3n) is 4.88. The number of sulfonamides is 1. The minimum Gasteiger partial charge on any atom is -0.379 e. The fourth-order valence-corrected chi connectivity index (χ4v) is 5.16. The number of hydrogen-bond acceptors (Lipinski definition) is 5. The van der Waals surface area contributed by atoms with E-state index in [0.29, 0.717) is 18.0 Å². The predicted octanol–water partition coefficient (Wildman–Crippen LogP) is 2.75. The molecule has 0 bridgehead atoms. The van der Waals surface area contributed by atoms with Gasteiger partial charge in [0.05, 0.1) is 11.0 Å². The summed E-state index contributed by atoms with van der Waals surface area (Å²) in [6, 6.07) is 7.16. The van der Waals surface area contributed by atoms with Gasteiger partial charge in [-0.25, -0.2) is 8.42 Å². The van der Waals surface area contributed by atoms with Crippen molar-refractivity contribution in [3.05, 3.63) is 36.7 Å². The molecule has 1 saturated heterocycles. The molecule has 2 heterocycles. The standard InChI is InChI=1S/C20H29N3O3S/c1-17(2)26-15-5-11-22-10-4-12-23(14-13-22)27(24,25)20-7-3-6-18-16-21-9-8-19(18)20/h3,6-9,16-17H,4-5,10-15H2,1-2H3. The molecule has 27 heavy (non-hydrogen) atoms. The molecule has 3 rings (SSSR count). The van der Waals surface area contributed by atoms with Crippen LogP contribution in [0.3, 0.4) is 0 Å². The normalized spacial score (nSPS) is 17.4. The summed E-state index contributed by atoms with van der Waals surface area (Å²) in [6.45, 7) is 8.54. The number of fused-ring (bicyclic) bond motifs is 1. The van der Waals surface area contributed by atoms with Crippen molar-refractivity contribution < 1.29 is 13.2 Å². The van der Waals surface area contributed by atoms with Crippen LogP contribution in [0.25, 0.3) is 10.8 Å². The minimum atomic E-state index is -3.52. The molecular weight excluding hydrogens is 362 g/mol. The van der Waals surface area contributed by atoms with E-state index in [9.17, 15) is 8.42 Å². The first kappa shape index (κ1) is 20.2. The Labute approximate surface area is 162 Å². The summed E-state index contributed by atoms with van der Waals surface area (Å²) in [5, 5.41) is 1.58. The van der Waals surface area contributed by atoms with Crippen molar-refractivity contribution in [3.8, 4) is 0 Å². The van der Waals surface area contributed by atoms with E-state index in [0.717, 1.165) is 49.9 Å². The van der Waals surface area contributed by atoms with E-state index in [4.69, 9.17) is 4.74 Å². The first-order valence-corrected chi connectivity index (χ1v) is 11.1. The Morgan fingerprint density at radius 1 is 1.15 bits per heavy atom. The van der Waals surface area contributed by atoms with E-state index in [1.54, 1.807) is 34.9 Å². The molecule has 1 aliphatic heterocycles. The van der Waals surface area contributed by atoms with Crippen LogP contribution in [0, 0.1) is 0 Å². The number of benzene rings is 1. The van der Waals surface area contributed by atoms with Crippen LogP contribution in [0.2, 0.25) is 0 Å². The molecule has 2 aromatic rings. The Kier molecular flexibility index (Phi) is 6.81. The van der Waals surface area contributed by atoms with Crippen LogP contribution in [-0.4, -0.2) is 68.0 Å². The number of nitrogens with zero attached hydrogens (tertiary/aromatic N) is 3. The van der Waals surface area contributed by atoms with Gasteiger partial charge in [-0.05, 0) is 45.4 Å². The second-order valence-electron chi connectivity index (χ2n) is 7.23. The van der Waals surface area contributed by atoms with Gasteiger partial charge in [0.2, 0.25) is 10.0 Å². The van der Waals surface area contributed by atoms with E-state index >= 15 is 0 Å². The highest BCUT2D eigenvalue weighted by molar-refractivity contribution is 7.89. The lowest BCUT2D eigenvalue weighted by molar-refractivity contribution is 0.0709. The van der Waals surface area contributed by atoms with E-state index in [2.05, 4.69) is 9.88 Å². The van der Waals surface area contributed by atoms with E-state index in [1.165, 1.54) is 0 Å². The number of rotatable bonds is 7. The lowest BCUT2D eigenvalue weighted by atomic mass is 10.2. The van der Waals surface area contributed by atoms with Gasteiger partial charge in [-0.15, -0.1) is 0 Å². The number of hydrogen-bond donors (Lipinski definition) is 0. The molecule has 6 nitrogen and oxygen atoms in total. The SMILES string of the molecule is CC(C)OCCCN1CCCN(S(=O)(=O)c2cccc3cnccc23)CC1. The molecule has 7 heteroatoms. The van der Waals surface area contributed by atoms with Crippen LogP contribution in [-0.2, 0) is 14.8 Å². The average molecular weight is 392 g/mol. The van der Waals surface area contributed by atoms with Crippen molar-refractivity contribution >= 4 is 20.8 Å². The lowest BCUT2D eigenvalue weighted by Crippen LogP contribution is -2.35. The summed E-state index contributed by atoms with van der Waals surface area (Å²) in [7, 11) is -3.52. The topological polar surface area (TPSA) is 62.7 Å². The quantitative estimate of drug-likeness (QED) is 0.679. The van der Waals surface area contributed by atoms with Crippen LogP contribution < -0.4 is 0 Å². The van der Waals surface area contributed by atoms with E-state index < -0.39 is 10.0 Å². The maximum absolute atomic E-state index is 13.3. The van der Waals surface area contributed by atoms with Gasteiger partial charge in [0, 0.05) is 56.0 Å². The third-order valence-corrected chi connectivity index (χ3v) is 6.83. The Morgan fingerprint density at radius 3 is 2.81 bits per heavy atom. The molecule has 0 amide bonds. The van der Waals surface area contributed by atoms with Crippen molar-refractivity contribution in [3.63, 3.8) is 0 Å². The summed E-state index contributed by atoms with van der Waals surface area (Å²) >= 11 is 0. The molecule has 1 aliphatic rings. The highest BCUT2D eigenvalue weighted by Crippen LogP contribution is 2.25. The first-order valence-electron chi connectivity index (χ1n) is 9.65. The van der Waals surface area contributed by atoms with Crippen molar-refractivity contribution in [1.82, 2.24) is 14.2 Å². The second-order valence-corrected chi connectivity index (χ2v) is 9.13. The van der Waals surface area contributed by atoms with Gasteiger partial charge < -0.3 is 9.64 Å². The third kappa shape index (κ3) is 5.04. The molecule has 0 saturated carbocycles. The number of pyridine rings is 1. The second kappa shape index (κ2) is 9.10. The Hall–Kier alpha value is -1.54. The number of ether oxygens (including phenoxy) is 1. The minimum absolute atomic E-state index is 0.255. The molecule has 0 radical (unpaired) electrons. The van der Waals surface area contributed by atoms with Gasteiger partial charge >= 0.3 is 0 Å². The van der Waals surface area contributed by atoms with Crippen molar-refractivity contribution in [2.45, 2.75) is 37.7 Å². The zero-order valence-electron chi connectivity index (χ0n) is 16.2. The van der Waals surface area contributed by atoms with Gasteiger partial charge in [0.25, 0.3) is 0 Å². The Morgan fingerprint density at radius 2 is 2.00 bits per heavy atom. The first-order chi connectivity index (χ1) is 13.0. The summed E-state index contributed by atoms with van der Waals surface area (Å²) in [4.78, 5) is 6.81. The fraction of sp³-hybridized carbons (Fsp3) is 0.550. The zero-order valence-corrected chi connectivity index (χ0v) is 17.0. The molecule has 0 unspecified atom stereocenters. The van der Waals surface area contributed by atoms with Gasteiger partial charge in [0.15, 0.2) is 0 Å². The Balaban J connectivity index is 1.67. The summed E-state index contributed by atoms with van der Waals surface area (Å²) in [5.74, 6) is 0. The van der Waals surface area contributed by atoms with Crippen molar-refractivity contribution in [1.29, 1.82) is 0 Å². The number of aromatic nitrogens is 1. The highest BCUT2D eigenvalue weighted by atomic mass is 32.2. The maximum atomic E-state index is 13.3.